The summed E-state index contributed by atoms with van der Waals surface area (Å²) in [6, 6.07) is 11.3. The van der Waals surface area contributed by atoms with Crippen LogP contribution in [-0.2, 0) is 4.74 Å². The van der Waals surface area contributed by atoms with Gasteiger partial charge >= 0.3 is 6.09 Å². The summed E-state index contributed by atoms with van der Waals surface area (Å²) < 4.78 is 5.17. The van der Waals surface area contributed by atoms with Crippen molar-refractivity contribution in [1.29, 1.82) is 5.26 Å². The van der Waals surface area contributed by atoms with Gasteiger partial charge in [-0.2, -0.15) is 5.26 Å². The Morgan fingerprint density at radius 1 is 1.29 bits per heavy atom. The van der Waals surface area contributed by atoms with E-state index in [1.165, 1.54) is 0 Å². The van der Waals surface area contributed by atoms with E-state index in [4.69, 9.17) is 10.00 Å². The Bertz CT molecular complexity index is 556. The van der Waals surface area contributed by atoms with Crippen molar-refractivity contribution in [3.63, 3.8) is 0 Å². The summed E-state index contributed by atoms with van der Waals surface area (Å²) in [4.78, 5) is 11.7. The molecular weight excluding hydrogens is 264 g/mol. The monoisotopic (exact) mass is 284 g/mol. The zero-order valence-electron chi connectivity index (χ0n) is 12.6. The SMILES string of the molecule is CC(C)(C)OC(=O)NC(CC#N)CC#Cc1ccccc1. The molecule has 0 heterocycles. The fourth-order valence-electron chi connectivity index (χ4n) is 1.56. The summed E-state index contributed by atoms with van der Waals surface area (Å²) >= 11 is 0. The van der Waals surface area contributed by atoms with Crippen molar-refractivity contribution in [3.05, 3.63) is 35.9 Å². The third-order valence-electron chi connectivity index (χ3n) is 2.41. The Balaban J connectivity index is 2.57. The van der Waals surface area contributed by atoms with E-state index in [1.54, 1.807) is 20.8 Å². The lowest BCUT2D eigenvalue weighted by Gasteiger charge is -2.21. The number of hydrogen-bond acceptors (Lipinski definition) is 3. The van der Waals surface area contributed by atoms with E-state index in [2.05, 4.69) is 17.2 Å². The summed E-state index contributed by atoms with van der Waals surface area (Å²) in [5.41, 5.74) is 0.349. The molecule has 0 bridgehead atoms. The third-order valence-corrected chi connectivity index (χ3v) is 2.41. The summed E-state index contributed by atoms with van der Waals surface area (Å²) in [7, 11) is 0. The Morgan fingerprint density at radius 3 is 2.52 bits per heavy atom. The summed E-state index contributed by atoms with van der Waals surface area (Å²) in [5.74, 6) is 5.99. The maximum Gasteiger partial charge on any atom is 0.407 e. The lowest BCUT2D eigenvalue weighted by atomic mass is 10.1. The van der Waals surface area contributed by atoms with Crippen LogP contribution in [0.2, 0.25) is 0 Å². The quantitative estimate of drug-likeness (QED) is 0.867. The fourth-order valence-corrected chi connectivity index (χ4v) is 1.56. The number of nitrogens with one attached hydrogen (secondary N) is 1. The predicted molar refractivity (Wildman–Crippen MR) is 81.3 cm³/mol. The minimum absolute atomic E-state index is 0.197. The van der Waals surface area contributed by atoms with Gasteiger partial charge in [0, 0.05) is 12.0 Å². The molecule has 1 aromatic rings. The van der Waals surface area contributed by atoms with Crippen LogP contribution in [0.3, 0.4) is 0 Å². The van der Waals surface area contributed by atoms with Gasteiger partial charge in [0.15, 0.2) is 0 Å². The Morgan fingerprint density at radius 2 is 1.95 bits per heavy atom. The number of rotatable bonds is 3. The molecule has 4 nitrogen and oxygen atoms in total. The maximum atomic E-state index is 11.7. The third kappa shape index (κ3) is 7.64. The number of carbonyl (C=O) groups excluding carboxylic acids is 1. The van der Waals surface area contributed by atoms with Crippen molar-refractivity contribution in [3.8, 4) is 17.9 Å². The van der Waals surface area contributed by atoms with Crippen LogP contribution in [0.4, 0.5) is 4.79 Å². The lowest BCUT2D eigenvalue weighted by Crippen LogP contribution is -2.38. The van der Waals surface area contributed by atoms with Gasteiger partial charge in [-0.25, -0.2) is 4.79 Å². The second-order valence-corrected chi connectivity index (χ2v) is 5.58. The molecule has 0 aromatic heterocycles. The van der Waals surface area contributed by atoms with Crippen LogP contribution in [-0.4, -0.2) is 17.7 Å². The zero-order valence-corrected chi connectivity index (χ0v) is 12.6. The van der Waals surface area contributed by atoms with E-state index in [9.17, 15) is 4.79 Å². The number of hydrogen-bond donors (Lipinski definition) is 1. The minimum Gasteiger partial charge on any atom is -0.444 e. The molecule has 0 fully saturated rings. The number of alkyl carbamates (subject to hydrolysis) is 1. The summed E-state index contributed by atoms with van der Waals surface area (Å²) in [5, 5.41) is 11.5. The number of carbonyl (C=O) groups is 1. The van der Waals surface area contributed by atoms with Crippen LogP contribution >= 0.6 is 0 Å². The van der Waals surface area contributed by atoms with Crippen molar-refractivity contribution in [2.24, 2.45) is 0 Å². The van der Waals surface area contributed by atoms with Gasteiger partial charge in [-0.05, 0) is 32.9 Å². The van der Waals surface area contributed by atoms with Gasteiger partial charge in [-0.3, -0.25) is 0 Å². The van der Waals surface area contributed by atoms with E-state index in [-0.39, 0.29) is 12.5 Å². The van der Waals surface area contributed by atoms with Gasteiger partial charge < -0.3 is 10.1 Å². The van der Waals surface area contributed by atoms with Gasteiger partial charge in [0.25, 0.3) is 0 Å². The predicted octanol–water partition coefficient (Wildman–Crippen LogP) is 3.24. The van der Waals surface area contributed by atoms with Crippen LogP contribution in [0.5, 0.6) is 0 Å². The molecule has 1 aromatic carbocycles. The Kier molecular flexibility index (Phi) is 6.30. The van der Waals surface area contributed by atoms with E-state index in [0.29, 0.717) is 6.42 Å². The molecule has 0 saturated carbocycles. The molecule has 0 aliphatic heterocycles. The topological polar surface area (TPSA) is 62.1 Å². The Hall–Kier alpha value is -2.46. The molecule has 4 heteroatoms. The first-order chi connectivity index (χ1) is 9.90. The average Bonchev–Trinajstić information content (AvgIpc) is 2.38. The molecular formula is C17H20N2O2. The van der Waals surface area contributed by atoms with Crippen molar-refractivity contribution in [1.82, 2.24) is 5.32 Å². The largest absolute Gasteiger partial charge is 0.444 e. The van der Waals surface area contributed by atoms with Crippen LogP contribution < -0.4 is 5.32 Å². The molecule has 1 atom stereocenters. The normalized spacial score (nSPS) is 11.5. The van der Waals surface area contributed by atoms with E-state index in [0.717, 1.165) is 5.56 Å². The first-order valence-electron chi connectivity index (χ1n) is 6.81. The van der Waals surface area contributed by atoms with Gasteiger partial charge in [-0.1, -0.05) is 30.0 Å². The van der Waals surface area contributed by atoms with Crippen molar-refractivity contribution in [2.45, 2.75) is 45.3 Å². The maximum absolute atomic E-state index is 11.7. The number of amides is 1. The zero-order chi connectivity index (χ0) is 15.7. The molecule has 0 aliphatic rings. The van der Waals surface area contributed by atoms with Crippen LogP contribution in [0.1, 0.15) is 39.2 Å². The highest BCUT2D eigenvalue weighted by Crippen LogP contribution is 2.08. The summed E-state index contributed by atoms with van der Waals surface area (Å²) in [6.45, 7) is 5.38. The average molecular weight is 284 g/mol. The molecule has 1 N–H and O–H groups in total. The molecule has 21 heavy (non-hydrogen) atoms. The van der Waals surface area contributed by atoms with E-state index >= 15 is 0 Å². The fraction of sp³-hybridized carbons (Fsp3) is 0.412. The van der Waals surface area contributed by atoms with Gasteiger partial charge in [0.2, 0.25) is 0 Å². The van der Waals surface area contributed by atoms with Crippen molar-refractivity contribution in [2.75, 3.05) is 0 Å². The molecule has 1 rings (SSSR count). The van der Waals surface area contributed by atoms with Gasteiger partial charge in [0.05, 0.1) is 18.5 Å². The van der Waals surface area contributed by atoms with Crippen LogP contribution in [0, 0.1) is 23.2 Å². The number of nitriles is 1. The molecule has 1 unspecified atom stereocenters. The highest BCUT2D eigenvalue weighted by molar-refractivity contribution is 5.68. The molecule has 0 saturated heterocycles. The second-order valence-electron chi connectivity index (χ2n) is 5.58. The molecule has 0 radical (unpaired) electrons. The van der Waals surface area contributed by atoms with Gasteiger partial charge in [0.1, 0.15) is 5.60 Å². The molecule has 0 aliphatic carbocycles. The van der Waals surface area contributed by atoms with Crippen molar-refractivity contribution >= 4 is 6.09 Å². The van der Waals surface area contributed by atoms with Crippen LogP contribution in [0.25, 0.3) is 0 Å². The smallest absolute Gasteiger partial charge is 0.407 e. The number of nitrogens with zero attached hydrogens (tertiary/aromatic N) is 1. The summed E-state index contributed by atoms with van der Waals surface area (Å²) in [6.07, 6.45) is 0.0778. The Labute approximate surface area is 126 Å². The molecule has 110 valence electrons. The lowest BCUT2D eigenvalue weighted by molar-refractivity contribution is 0.0506. The standard InChI is InChI=1S/C17H20N2O2/c1-17(2,3)21-16(20)19-15(12-13-18)11-7-10-14-8-5-4-6-9-14/h4-6,8-9,15H,11-12H2,1-3H3,(H,19,20). The highest BCUT2D eigenvalue weighted by atomic mass is 16.6. The highest BCUT2D eigenvalue weighted by Gasteiger charge is 2.18. The minimum atomic E-state index is -0.559. The number of ether oxygens (including phenoxy) is 1. The second kappa shape index (κ2) is 7.97. The van der Waals surface area contributed by atoms with E-state index < -0.39 is 11.7 Å². The van der Waals surface area contributed by atoms with Gasteiger partial charge in [-0.15, -0.1) is 0 Å². The number of benzene rings is 1. The molecule has 0 spiro atoms. The van der Waals surface area contributed by atoms with Crippen LogP contribution in [0.15, 0.2) is 30.3 Å². The van der Waals surface area contributed by atoms with Crippen molar-refractivity contribution < 1.29 is 9.53 Å². The first-order valence-corrected chi connectivity index (χ1v) is 6.81. The molecule has 1 amide bonds. The first kappa shape index (κ1) is 16.6. The van der Waals surface area contributed by atoms with E-state index in [1.807, 2.05) is 36.4 Å².